The zero-order valence-corrected chi connectivity index (χ0v) is 14.1. The number of ether oxygens (including phenoxy) is 1. The molecule has 1 aliphatic carbocycles. The predicted molar refractivity (Wildman–Crippen MR) is 87.7 cm³/mol. The maximum absolute atomic E-state index is 12.6. The second-order valence-corrected chi connectivity index (χ2v) is 7.54. The summed E-state index contributed by atoms with van der Waals surface area (Å²) in [5.41, 5.74) is 0. The maximum atomic E-state index is 12.6. The van der Waals surface area contributed by atoms with Gasteiger partial charge in [0, 0.05) is 32.8 Å². The van der Waals surface area contributed by atoms with Gasteiger partial charge in [0.25, 0.3) is 5.91 Å². The number of rotatable bonds is 3. The van der Waals surface area contributed by atoms with Crippen molar-refractivity contribution < 1.29 is 9.53 Å². The maximum Gasteiger partial charge on any atom is 0.252 e. The summed E-state index contributed by atoms with van der Waals surface area (Å²) >= 11 is 0. The average molecular weight is 308 g/mol. The Labute approximate surface area is 135 Å². The highest BCUT2D eigenvalue weighted by atomic mass is 16.5. The molecule has 2 heterocycles. The Balaban J connectivity index is 1.47. The van der Waals surface area contributed by atoms with Gasteiger partial charge >= 0.3 is 0 Å². The molecule has 4 nitrogen and oxygen atoms in total. The van der Waals surface area contributed by atoms with E-state index in [1.165, 1.54) is 38.6 Å². The van der Waals surface area contributed by atoms with E-state index in [9.17, 15) is 4.79 Å². The van der Waals surface area contributed by atoms with Gasteiger partial charge in [-0.15, -0.1) is 0 Å². The van der Waals surface area contributed by atoms with Gasteiger partial charge in [-0.3, -0.25) is 4.79 Å². The molecule has 4 heteroatoms. The van der Waals surface area contributed by atoms with Crippen molar-refractivity contribution in [1.29, 1.82) is 0 Å². The van der Waals surface area contributed by atoms with E-state index in [-0.39, 0.29) is 12.0 Å². The first-order chi connectivity index (χ1) is 10.7. The molecule has 2 aliphatic heterocycles. The Morgan fingerprint density at radius 1 is 1.00 bits per heavy atom. The molecule has 0 spiro atoms. The zero-order chi connectivity index (χ0) is 15.4. The SMILES string of the molecule is C[C@@H]1CCO[C@H]1C(=O)N1CCCN(CC2CCCCC2)CC1. The van der Waals surface area contributed by atoms with E-state index in [2.05, 4.69) is 16.7 Å². The van der Waals surface area contributed by atoms with Crippen molar-refractivity contribution in [1.82, 2.24) is 9.80 Å². The van der Waals surface area contributed by atoms with Crippen LogP contribution in [-0.4, -0.2) is 61.1 Å². The molecular formula is C18H32N2O2. The van der Waals surface area contributed by atoms with Gasteiger partial charge in [-0.2, -0.15) is 0 Å². The first kappa shape index (κ1) is 16.3. The highest BCUT2D eigenvalue weighted by Crippen LogP contribution is 2.25. The van der Waals surface area contributed by atoms with Crippen LogP contribution < -0.4 is 0 Å². The van der Waals surface area contributed by atoms with Gasteiger partial charge in [-0.25, -0.2) is 0 Å². The van der Waals surface area contributed by atoms with Gasteiger partial charge in [0.2, 0.25) is 0 Å². The lowest BCUT2D eigenvalue weighted by atomic mass is 9.89. The van der Waals surface area contributed by atoms with Crippen molar-refractivity contribution in [3.63, 3.8) is 0 Å². The molecule has 3 rings (SSSR count). The van der Waals surface area contributed by atoms with Gasteiger partial charge in [0.05, 0.1) is 0 Å². The average Bonchev–Trinajstić information content (AvgIpc) is 2.82. The van der Waals surface area contributed by atoms with Crippen molar-refractivity contribution in [3.05, 3.63) is 0 Å². The molecule has 0 unspecified atom stereocenters. The van der Waals surface area contributed by atoms with Crippen molar-refractivity contribution in [2.75, 3.05) is 39.3 Å². The van der Waals surface area contributed by atoms with Crippen molar-refractivity contribution in [2.24, 2.45) is 11.8 Å². The fourth-order valence-electron chi connectivity index (χ4n) is 4.30. The largest absolute Gasteiger partial charge is 0.368 e. The number of hydrogen-bond acceptors (Lipinski definition) is 3. The van der Waals surface area contributed by atoms with Crippen molar-refractivity contribution in [2.45, 2.75) is 58.0 Å². The highest BCUT2D eigenvalue weighted by molar-refractivity contribution is 5.81. The Morgan fingerprint density at radius 3 is 2.55 bits per heavy atom. The van der Waals surface area contributed by atoms with Crippen LogP contribution in [0.1, 0.15) is 51.9 Å². The molecule has 0 radical (unpaired) electrons. The lowest BCUT2D eigenvalue weighted by Gasteiger charge is -2.29. The van der Waals surface area contributed by atoms with Crippen molar-refractivity contribution in [3.8, 4) is 0 Å². The van der Waals surface area contributed by atoms with E-state index in [0.29, 0.717) is 5.92 Å². The normalized spacial score (nSPS) is 32.1. The second-order valence-electron chi connectivity index (χ2n) is 7.54. The van der Waals surface area contributed by atoms with Crippen LogP contribution in [0, 0.1) is 11.8 Å². The Bertz CT molecular complexity index is 368. The second kappa shape index (κ2) is 7.78. The van der Waals surface area contributed by atoms with Gasteiger partial charge in [0.15, 0.2) is 0 Å². The number of carbonyl (C=O) groups excluding carboxylic acids is 1. The minimum absolute atomic E-state index is 0.176. The summed E-state index contributed by atoms with van der Waals surface area (Å²) in [6, 6.07) is 0. The smallest absolute Gasteiger partial charge is 0.252 e. The van der Waals surface area contributed by atoms with Crippen LogP contribution in [0.5, 0.6) is 0 Å². The molecule has 0 aromatic rings. The summed E-state index contributed by atoms with van der Waals surface area (Å²) in [6.07, 6.45) is 9.04. The summed E-state index contributed by atoms with van der Waals surface area (Å²) in [5.74, 6) is 1.52. The van der Waals surface area contributed by atoms with Gasteiger partial charge in [0.1, 0.15) is 6.10 Å². The van der Waals surface area contributed by atoms with Crippen LogP contribution in [-0.2, 0) is 9.53 Å². The molecular weight excluding hydrogens is 276 g/mol. The molecule has 1 amide bonds. The minimum Gasteiger partial charge on any atom is -0.368 e. The van der Waals surface area contributed by atoms with E-state index in [1.54, 1.807) is 0 Å². The third-order valence-electron chi connectivity index (χ3n) is 5.77. The summed E-state index contributed by atoms with van der Waals surface area (Å²) < 4.78 is 5.66. The summed E-state index contributed by atoms with van der Waals surface area (Å²) in [7, 11) is 0. The topological polar surface area (TPSA) is 32.8 Å². The van der Waals surface area contributed by atoms with Gasteiger partial charge in [-0.1, -0.05) is 26.2 Å². The van der Waals surface area contributed by atoms with Crippen LogP contribution in [0.4, 0.5) is 0 Å². The van der Waals surface area contributed by atoms with E-state index in [1.807, 2.05) is 0 Å². The molecule has 0 aromatic heterocycles. The van der Waals surface area contributed by atoms with E-state index < -0.39 is 0 Å². The fraction of sp³-hybridized carbons (Fsp3) is 0.944. The van der Waals surface area contributed by atoms with Crippen LogP contribution in [0.3, 0.4) is 0 Å². The number of carbonyl (C=O) groups is 1. The van der Waals surface area contributed by atoms with E-state index >= 15 is 0 Å². The molecule has 2 atom stereocenters. The summed E-state index contributed by atoms with van der Waals surface area (Å²) in [5, 5.41) is 0. The summed E-state index contributed by atoms with van der Waals surface area (Å²) in [6.45, 7) is 8.13. The molecule has 22 heavy (non-hydrogen) atoms. The molecule has 126 valence electrons. The third kappa shape index (κ3) is 4.02. The van der Waals surface area contributed by atoms with Gasteiger partial charge in [-0.05, 0) is 44.1 Å². The minimum atomic E-state index is -0.176. The molecule has 3 fully saturated rings. The number of amides is 1. The Hall–Kier alpha value is -0.610. The number of nitrogens with zero attached hydrogens (tertiary/aromatic N) is 2. The lowest BCUT2D eigenvalue weighted by Crippen LogP contribution is -2.43. The van der Waals surface area contributed by atoms with Crippen LogP contribution in [0.2, 0.25) is 0 Å². The first-order valence-corrected chi connectivity index (χ1v) is 9.37. The Morgan fingerprint density at radius 2 is 1.82 bits per heavy atom. The quantitative estimate of drug-likeness (QED) is 0.803. The molecule has 0 bridgehead atoms. The van der Waals surface area contributed by atoms with Crippen LogP contribution >= 0.6 is 0 Å². The van der Waals surface area contributed by atoms with Crippen LogP contribution in [0.15, 0.2) is 0 Å². The van der Waals surface area contributed by atoms with Crippen LogP contribution in [0.25, 0.3) is 0 Å². The zero-order valence-electron chi connectivity index (χ0n) is 14.1. The molecule has 0 N–H and O–H groups in total. The standard InChI is InChI=1S/C18H32N2O2/c1-15-8-13-22-17(15)18(21)20-10-5-9-19(11-12-20)14-16-6-3-2-4-7-16/h15-17H,2-14H2,1H3/t15-,17-/m1/s1. The number of hydrogen-bond donors (Lipinski definition) is 0. The summed E-state index contributed by atoms with van der Waals surface area (Å²) in [4.78, 5) is 17.3. The predicted octanol–water partition coefficient (Wildman–Crippen LogP) is 2.53. The molecule has 3 aliphatic rings. The van der Waals surface area contributed by atoms with Crippen molar-refractivity contribution >= 4 is 5.91 Å². The van der Waals surface area contributed by atoms with E-state index in [0.717, 1.165) is 51.5 Å². The fourth-order valence-corrected chi connectivity index (χ4v) is 4.30. The van der Waals surface area contributed by atoms with Gasteiger partial charge < -0.3 is 14.5 Å². The first-order valence-electron chi connectivity index (χ1n) is 9.37. The Kier molecular flexibility index (Phi) is 5.75. The monoisotopic (exact) mass is 308 g/mol. The lowest BCUT2D eigenvalue weighted by molar-refractivity contribution is -0.142. The van der Waals surface area contributed by atoms with E-state index in [4.69, 9.17) is 4.74 Å². The molecule has 1 saturated carbocycles. The highest BCUT2D eigenvalue weighted by Gasteiger charge is 2.34. The molecule has 0 aromatic carbocycles. The molecule has 2 saturated heterocycles. The third-order valence-corrected chi connectivity index (χ3v) is 5.77.